The molecule has 4 aliphatic carbocycles. The molecule has 96 valence electrons. The van der Waals surface area contributed by atoms with Gasteiger partial charge >= 0.3 is 5.97 Å². The van der Waals surface area contributed by atoms with Crippen molar-refractivity contribution in [2.24, 2.45) is 17.8 Å². The molecule has 4 bridgehead atoms. The Morgan fingerprint density at radius 3 is 2.12 bits per heavy atom. The second-order valence-electron chi connectivity index (χ2n) is 6.40. The van der Waals surface area contributed by atoms with Gasteiger partial charge in [0.05, 0.1) is 0 Å². The first-order valence-electron chi connectivity index (χ1n) is 6.97. The van der Waals surface area contributed by atoms with Gasteiger partial charge in [0, 0.05) is 0 Å². The molecule has 3 heteroatoms. The van der Waals surface area contributed by atoms with E-state index >= 15 is 0 Å². The van der Waals surface area contributed by atoms with Gasteiger partial charge in [0.25, 0.3) is 0 Å². The highest BCUT2D eigenvalue weighted by molar-refractivity contribution is 9.10. The number of halogens is 1. The molecule has 0 radical (unpaired) electrons. The van der Waals surface area contributed by atoms with Gasteiger partial charge in [0.1, 0.15) is 10.4 Å². The molecule has 0 aromatic carbocycles. The van der Waals surface area contributed by atoms with Crippen LogP contribution < -0.4 is 0 Å². The average Bonchev–Trinajstić information content (AvgIpc) is 2.25. The summed E-state index contributed by atoms with van der Waals surface area (Å²) < 4.78 is 5.92. The predicted molar refractivity (Wildman–Crippen MR) is 70.0 cm³/mol. The summed E-state index contributed by atoms with van der Waals surface area (Å²) in [5.41, 5.74) is -0.0764. The van der Waals surface area contributed by atoms with Gasteiger partial charge in [-0.05, 0) is 62.7 Å². The van der Waals surface area contributed by atoms with E-state index in [1.165, 1.54) is 19.3 Å². The molecular formula is C14H21BrO2. The highest BCUT2D eigenvalue weighted by Crippen LogP contribution is 2.57. The smallest absolute Gasteiger partial charge is 0.320 e. The van der Waals surface area contributed by atoms with Gasteiger partial charge in [-0.1, -0.05) is 22.9 Å². The van der Waals surface area contributed by atoms with Gasteiger partial charge in [-0.15, -0.1) is 0 Å². The number of esters is 1. The van der Waals surface area contributed by atoms with E-state index < -0.39 is 0 Å². The first kappa shape index (κ1) is 12.0. The fraction of sp³-hybridized carbons (Fsp3) is 0.929. The van der Waals surface area contributed by atoms with E-state index in [2.05, 4.69) is 15.9 Å². The molecule has 0 spiro atoms. The number of rotatable bonds is 3. The van der Waals surface area contributed by atoms with Crippen LogP contribution in [-0.2, 0) is 9.53 Å². The van der Waals surface area contributed by atoms with E-state index in [0.29, 0.717) is 0 Å². The molecule has 4 saturated carbocycles. The van der Waals surface area contributed by atoms with E-state index in [4.69, 9.17) is 4.74 Å². The molecule has 1 unspecified atom stereocenters. The summed E-state index contributed by atoms with van der Waals surface area (Å²) in [5, 5.41) is 0. The Morgan fingerprint density at radius 2 is 1.71 bits per heavy atom. The van der Waals surface area contributed by atoms with Gasteiger partial charge in [0.15, 0.2) is 0 Å². The van der Waals surface area contributed by atoms with Gasteiger partial charge in [-0.25, -0.2) is 0 Å². The Bertz CT molecular complexity index is 291. The van der Waals surface area contributed by atoms with Crippen molar-refractivity contribution in [2.75, 3.05) is 0 Å². The molecule has 17 heavy (non-hydrogen) atoms. The third-order valence-corrected chi connectivity index (χ3v) is 5.93. The zero-order chi connectivity index (χ0) is 12.0. The number of carbonyl (C=O) groups is 1. The average molecular weight is 301 g/mol. The maximum atomic E-state index is 12.0. The first-order valence-corrected chi connectivity index (χ1v) is 7.89. The predicted octanol–water partition coefficient (Wildman–Crippen LogP) is 3.67. The largest absolute Gasteiger partial charge is 0.458 e. The van der Waals surface area contributed by atoms with Crippen LogP contribution in [0.15, 0.2) is 0 Å². The fourth-order valence-electron chi connectivity index (χ4n) is 4.60. The maximum Gasteiger partial charge on any atom is 0.320 e. The molecule has 0 aliphatic heterocycles. The van der Waals surface area contributed by atoms with Crippen LogP contribution in [0, 0.1) is 17.8 Å². The van der Waals surface area contributed by atoms with Crippen molar-refractivity contribution < 1.29 is 9.53 Å². The molecule has 4 rings (SSSR count). The Morgan fingerprint density at radius 1 is 1.24 bits per heavy atom. The third-order valence-electron chi connectivity index (χ3n) is 4.91. The Balaban J connectivity index is 1.72. The van der Waals surface area contributed by atoms with Crippen molar-refractivity contribution in [3.05, 3.63) is 0 Å². The van der Waals surface area contributed by atoms with Gasteiger partial charge in [0.2, 0.25) is 0 Å². The number of alkyl halides is 1. The maximum absolute atomic E-state index is 12.0. The second-order valence-corrected chi connectivity index (χ2v) is 7.50. The first-order chi connectivity index (χ1) is 8.10. The topological polar surface area (TPSA) is 26.3 Å². The summed E-state index contributed by atoms with van der Waals surface area (Å²) >= 11 is 3.41. The lowest BCUT2D eigenvalue weighted by atomic mass is 9.54. The van der Waals surface area contributed by atoms with Gasteiger partial charge in [-0.2, -0.15) is 0 Å². The standard InChI is InChI=1S/C14H21BrO2/c1-2-12(15)13(16)17-14-6-9-3-10(7-14)5-11(4-9)8-14/h9-12H,2-8H2,1H3. The van der Waals surface area contributed by atoms with Crippen molar-refractivity contribution in [2.45, 2.75) is 62.3 Å². The second kappa shape index (κ2) is 4.25. The van der Waals surface area contributed by atoms with Crippen LogP contribution in [0.4, 0.5) is 0 Å². The van der Waals surface area contributed by atoms with Crippen molar-refractivity contribution >= 4 is 21.9 Å². The molecule has 1 atom stereocenters. The zero-order valence-corrected chi connectivity index (χ0v) is 12.0. The lowest BCUT2D eigenvalue weighted by Gasteiger charge is -2.55. The number of hydrogen-bond acceptors (Lipinski definition) is 2. The molecule has 2 nitrogen and oxygen atoms in total. The number of hydrogen-bond donors (Lipinski definition) is 0. The quantitative estimate of drug-likeness (QED) is 0.587. The van der Waals surface area contributed by atoms with E-state index in [0.717, 1.165) is 43.4 Å². The minimum absolute atomic E-state index is 0.0329. The fourth-order valence-corrected chi connectivity index (χ4v) is 4.69. The molecule has 0 heterocycles. The Hall–Kier alpha value is -0.0500. The van der Waals surface area contributed by atoms with Crippen LogP contribution >= 0.6 is 15.9 Å². The SMILES string of the molecule is CCC(Br)C(=O)OC12CC3CC(CC(C3)C1)C2. The van der Waals surface area contributed by atoms with Crippen LogP contribution in [0.25, 0.3) is 0 Å². The van der Waals surface area contributed by atoms with Crippen LogP contribution in [0.2, 0.25) is 0 Å². The van der Waals surface area contributed by atoms with Crippen molar-refractivity contribution in [3.8, 4) is 0 Å². The van der Waals surface area contributed by atoms with E-state index in [1.807, 2.05) is 6.92 Å². The molecule has 0 aromatic rings. The summed E-state index contributed by atoms with van der Waals surface area (Å²) in [7, 11) is 0. The molecular weight excluding hydrogens is 280 g/mol. The lowest BCUT2D eigenvalue weighted by molar-refractivity contribution is -0.185. The van der Waals surface area contributed by atoms with Crippen molar-refractivity contribution in [1.82, 2.24) is 0 Å². The van der Waals surface area contributed by atoms with Crippen molar-refractivity contribution in [1.29, 1.82) is 0 Å². The highest BCUT2D eigenvalue weighted by atomic mass is 79.9. The molecule has 0 amide bonds. The van der Waals surface area contributed by atoms with Crippen LogP contribution in [0.1, 0.15) is 51.9 Å². The van der Waals surface area contributed by atoms with Crippen LogP contribution in [0.5, 0.6) is 0 Å². The monoisotopic (exact) mass is 300 g/mol. The number of carbonyl (C=O) groups excluding carboxylic acids is 1. The minimum Gasteiger partial charge on any atom is -0.458 e. The molecule has 0 N–H and O–H groups in total. The molecule has 0 saturated heterocycles. The molecule has 4 aliphatic rings. The molecule has 0 aromatic heterocycles. The van der Waals surface area contributed by atoms with Crippen LogP contribution in [0.3, 0.4) is 0 Å². The van der Waals surface area contributed by atoms with Gasteiger partial charge in [-0.3, -0.25) is 4.79 Å². The highest BCUT2D eigenvalue weighted by Gasteiger charge is 2.53. The van der Waals surface area contributed by atoms with Crippen LogP contribution in [-0.4, -0.2) is 16.4 Å². The summed E-state index contributed by atoms with van der Waals surface area (Å²) in [6.07, 6.45) is 8.38. The van der Waals surface area contributed by atoms with E-state index in [-0.39, 0.29) is 16.4 Å². The summed E-state index contributed by atoms with van der Waals surface area (Å²) in [6.45, 7) is 2.01. The normalized spacial score (nSPS) is 44.7. The third kappa shape index (κ3) is 2.16. The van der Waals surface area contributed by atoms with E-state index in [1.54, 1.807) is 0 Å². The Labute approximate surface area is 112 Å². The lowest BCUT2D eigenvalue weighted by Crippen LogP contribution is -2.53. The summed E-state index contributed by atoms with van der Waals surface area (Å²) in [5.74, 6) is 2.48. The molecule has 4 fully saturated rings. The summed E-state index contributed by atoms with van der Waals surface area (Å²) in [6, 6.07) is 0. The van der Waals surface area contributed by atoms with E-state index in [9.17, 15) is 4.79 Å². The van der Waals surface area contributed by atoms with Gasteiger partial charge < -0.3 is 4.74 Å². The number of ether oxygens (including phenoxy) is 1. The van der Waals surface area contributed by atoms with Crippen molar-refractivity contribution in [3.63, 3.8) is 0 Å². The minimum atomic E-state index is -0.115. The summed E-state index contributed by atoms with van der Waals surface area (Å²) in [4.78, 5) is 11.9. The zero-order valence-electron chi connectivity index (χ0n) is 10.5. The Kier molecular flexibility index (Phi) is 3.00.